The Kier molecular flexibility index (Phi) is 20.0. The van der Waals surface area contributed by atoms with Gasteiger partial charge in [-0.05, 0) is 45.1 Å². The number of ether oxygens (including phenoxy) is 2. The van der Waals surface area contributed by atoms with Crippen molar-refractivity contribution >= 4 is 5.97 Å². The SMILES string of the molecule is CCCCCCCCCCCCC(O)[C@@H]1CC[C@H]([C@H](O)CCCCCCCCCC[C@H](O)CC2=C[C@H](C)OC2=O)O1. The molecule has 2 heterocycles. The van der Waals surface area contributed by atoms with Crippen LogP contribution in [0.1, 0.15) is 168 Å². The predicted molar refractivity (Wildman–Crippen MR) is 167 cm³/mol. The third kappa shape index (κ3) is 16.5. The van der Waals surface area contributed by atoms with Crippen LogP contribution in [0.3, 0.4) is 0 Å². The van der Waals surface area contributed by atoms with Crippen LogP contribution in [0.15, 0.2) is 11.6 Å². The number of cyclic esters (lactones) is 1. The van der Waals surface area contributed by atoms with E-state index in [0.29, 0.717) is 12.0 Å². The van der Waals surface area contributed by atoms with Crippen molar-refractivity contribution in [2.24, 2.45) is 0 Å². The van der Waals surface area contributed by atoms with Gasteiger partial charge >= 0.3 is 5.97 Å². The first-order chi connectivity index (χ1) is 19.9. The predicted octanol–water partition coefficient (Wildman–Crippen LogP) is 8.09. The molecule has 0 bridgehead atoms. The Morgan fingerprint density at radius 1 is 0.683 bits per heavy atom. The summed E-state index contributed by atoms with van der Waals surface area (Å²) in [5.74, 6) is -0.280. The highest BCUT2D eigenvalue weighted by molar-refractivity contribution is 5.90. The molecular weight excluding hydrogens is 516 g/mol. The van der Waals surface area contributed by atoms with E-state index in [4.69, 9.17) is 9.47 Å². The molecule has 6 atom stereocenters. The molecule has 0 radical (unpaired) electrons. The highest BCUT2D eigenvalue weighted by Gasteiger charge is 2.34. The van der Waals surface area contributed by atoms with Crippen molar-refractivity contribution in [1.82, 2.24) is 0 Å². The summed E-state index contributed by atoms with van der Waals surface area (Å²) >= 11 is 0. The fraction of sp³-hybridized carbons (Fsp3) is 0.914. The molecule has 3 N–H and O–H groups in total. The van der Waals surface area contributed by atoms with E-state index in [2.05, 4.69) is 6.92 Å². The molecular formula is C35H64O6. The van der Waals surface area contributed by atoms with E-state index in [0.717, 1.165) is 64.2 Å². The Balaban J connectivity index is 1.37. The molecule has 240 valence electrons. The minimum absolute atomic E-state index is 0.102. The minimum Gasteiger partial charge on any atom is -0.455 e. The highest BCUT2D eigenvalue weighted by atomic mass is 16.5. The molecule has 0 aliphatic carbocycles. The van der Waals surface area contributed by atoms with Gasteiger partial charge in [0.2, 0.25) is 0 Å². The summed E-state index contributed by atoms with van der Waals surface area (Å²) in [6, 6.07) is 0. The molecule has 0 spiro atoms. The topological polar surface area (TPSA) is 96.2 Å². The summed E-state index contributed by atoms with van der Waals surface area (Å²) < 4.78 is 11.2. The second-order valence-electron chi connectivity index (χ2n) is 13.0. The number of rotatable bonds is 26. The first-order valence-corrected chi connectivity index (χ1v) is 17.5. The van der Waals surface area contributed by atoms with Gasteiger partial charge in [-0.3, -0.25) is 0 Å². The van der Waals surface area contributed by atoms with Crippen LogP contribution in [0.25, 0.3) is 0 Å². The van der Waals surface area contributed by atoms with Gasteiger partial charge in [-0.25, -0.2) is 4.79 Å². The third-order valence-corrected chi connectivity index (χ3v) is 9.03. The van der Waals surface area contributed by atoms with E-state index >= 15 is 0 Å². The number of carbonyl (C=O) groups is 1. The molecule has 0 amide bonds. The molecule has 6 nitrogen and oxygen atoms in total. The van der Waals surface area contributed by atoms with Crippen molar-refractivity contribution in [1.29, 1.82) is 0 Å². The lowest BCUT2D eigenvalue weighted by atomic mass is 9.99. The van der Waals surface area contributed by atoms with Crippen LogP contribution in [-0.4, -0.2) is 57.9 Å². The van der Waals surface area contributed by atoms with Gasteiger partial charge in [0.25, 0.3) is 0 Å². The van der Waals surface area contributed by atoms with Gasteiger partial charge in [0.1, 0.15) is 6.10 Å². The first-order valence-electron chi connectivity index (χ1n) is 17.5. The second-order valence-corrected chi connectivity index (χ2v) is 13.0. The van der Waals surface area contributed by atoms with Crippen LogP contribution in [0.5, 0.6) is 0 Å². The largest absolute Gasteiger partial charge is 0.455 e. The average Bonchev–Trinajstić information content (AvgIpc) is 3.57. The zero-order valence-corrected chi connectivity index (χ0v) is 26.6. The molecule has 0 aromatic heterocycles. The maximum Gasteiger partial charge on any atom is 0.334 e. The molecule has 1 saturated heterocycles. The van der Waals surface area contributed by atoms with Gasteiger partial charge in [0.05, 0.1) is 30.5 Å². The molecule has 6 heteroatoms. The zero-order valence-electron chi connectivity index (χ0n) is 26.6. The van der Waals surface area contributed by atoms with Crippen LogP contribution in [0.2, 0.25) is 0 Å². The first kappa shape index (κ1) is 36.2. The van der Waals surface area contributed by atoms with Crippen LogP contribution in [-0.2, 0) is 14.3 Å². The average molecular weight is 581 g/mol. The van der Waals surface area contributed by atoms with Crippen molar-refractivity contribution in [2.45, 2.75) is 205 Å². The molecule has 2 rings (SSSR count). The van der Waals surface area contributed by atoms with Gasteiger partial charge in [-0.1, -0.05) is 122 Å². The fourth-order valence-electron chi connectivity index (χ4n) is 6.40. The molecule has 2 aliphatic heterocycles. The lowest BCUT2D eigenvalue weighted by molar-refractivity contribution is -0.139. The molecule has 2 aliphatic rings. The number of esters is 1. The van der Waals surface area contributed by atoms with Crippen molar-refractivity contribution < 1.29 is 29.6 Å². The number of hydrogen-bond acceptors (Lipinski definition) is 6. The number of aliphatic hydroxyl groups excluding tert-OH is 3. The van der Waals surface area contributed by atoms with E-state index in [9.17, 15) is 20.1 Å². The summed E-state index contributed by atoms with van der Waals surface area (Å²) in [5.41, 5.74) is 0.617. The van der Waals surface area contributed by atoms with Crippen molar-refractivity contribution in [2.75, 3.05) is 0 Å². The van der Waals surface area contributed by atoms with Crippen molar-refractivity contribution in [3.05, 3.63) is 11.6 Å². The van der Waals surface area contributed by atoms with E-state index in [1.54, 1.807) is 0 Å². The molecule has 1 fully saturated rings. The standard InChI is InChI=1S/C35H64O6/c1-3-4-5-6-7-8-9-13-16-19-22-31(37)33-24-25-34(41-33)32(38)23-20-17-14-11-10-12-15-18-21-30(36)27-29-26-28(2)40-35(29)39/h26,28,30-34,36-38H,3-25,27H2,1-2H3/t28-,30-,31?,32+,33-,34+/m0/s1. The zero-order chi connectivity index (χ0) is 29.7. The van der Waals surface area contributed by atoms with Gasteiger partial charge in [0.15, 0.2) is 0 Å². The van der Waals surface area contributed by atoms with Gasteiger partial charge < -0.3 is 24.8 Å². The lowest BCUT2D eigenvalue weighted by Crippen LogP contribution is -2.31. The van der Waals surface area contributed by atoms with E-state index in [1.165, 1.54) is 83.5 Å². The molecule has 0 aromatic rings. The van der Waals surface area contributed by atoms with E-state index < -0.39 is 18.3 Å². The normalized spacial score (nSPS) is 23.0. The van der Waals surface area contributed by atoms with Crippen molar-refractivity contribution in [3.8, 4) is 0 Å². The Morgan fingerprint density at radius 2 is 1.10 bits per heavy atom. The quantitative estimate of drug-likeness (QED) is 0.0707. The monoisotopic (exact) mass is 580 g/mol. The van der Waals surface area contributed by atoms with Gasteiger partial charge in [-0.15, -0.1) is 0 Å². The van der Waals surface area contributed by atoms with Crippen LogP contribution in [0, 0.1) is 0 Å². The molecule has 0 aromatic carbocycles. The third-order valence-electron chi connectivity index (χ3n) is 9.03. The number of hydrogen-bond donors (Lipinski definition) is 3. The summed E-state index contributed by atoms with van der Waals surface area (Å²) in [7, 11) is 0. The van der Waals surface area contributed by atoms with Crippen LogP contribution >= 0.6 is 0 Å². The maximum atomic E-state index is 11.6. The van der Waals surface area contributed by atoms with Crippen LogP contribution in [0.4, 0.5) is 0 Å². The minimum atomic E-state index is -0.461. The number of carbonyl (C=O) groups excluding carboxylic acids is 1. The molecule has 1 unspecified atom stereocenters. The Bertz CT molecular complexity index is 694. The number of unbranched alkanes of at least 4 members (excludes halogenated alkanes) is 16. The smallest absolute Gasteiger partial charge is 0.334 e. The van der Waals surface area contributed by atoms with E-state index in [1.807, 2.05) is 13.0 Å². The van der Waals surface area contributed by atoms with Gasteiger partial charge in [0, 0.05) is 12.0 Å². The summed E-state index contributed by atoms with van der Waals surface area (Å²) in [4.78, 5) is 11.6. The van der Waals surface area contributed by atoms with Gasteiger partial charge in [-0.2, -0.15) is 0 Å². The highest BCUT2D eigenvalue weighted by Crippen LogP contribution is 2.28. The Hall–Kier alpha value is -0.950. The fourth-order valence-corrected chi connectivity index (χ4v) is 6.40. The number of aliphatic hydroxyl groups is 3. The summed E-state index contributed by atoms with van der Waals surface area (Å²) in [6.45, 7) is 4.10. The van der Waals surface area contributed by atoms with E-state index in [-0.39, 0.29) is 24.3 Å². The van der Waals surface area contributed by atoms with Crippen molar-refractivity contribution in [3.63, 3.8) is 0 Å². The summed E-state index contributed by atoms with van der Waals surface area (Å²) in [6.07, 6.45) is 26.7. The lowest BCUT2D eigenvalue weighted by Gasteiger charge is -2.22. The maximum absolute atomic E-state index is 11.6. The molecule has 41 heavy (non-hydrogen) atoms. The van der Waals surface area contributed by atoms with Crippen LogP contribution < -0.4 is 0 Å². The Morgan fingerprint density at radius 3 is 1.51 bits per heavy atom. The Labute approximate surface area is 251 Å². The second kappa shape index (κ2) is 22.6. The summed E-state index contributed by atoms with van der Waals surface area (Å²) in [5, 5.41) is 31.4. The molecule has 0 saturated carbocycles.